The highest BCUT2D eigenvalue weighted by Crippen LogP contribution is 2.56. The summed E-state index contributed by atoms with van der Waals surface area (Å²) in [6.45, 7) is 2.03. The van der Waals surface area contributed by atoms with Crippen LogP contribution in [0.1, 0.15) is 5.56 Å². The minimum Gasteiger partial charge on any atom is -0.247 e. The Morgan fingerprint density at radius 2 is 1.00 bits per heavy atom. The molecular formula is C38H33O2P2S+. The molecule has 0 bridgehead atoms. The molecule has 0 aliphatic carbocycles. The number of rotatable bonds is 10. The molecule has 0 saturated carbocycles. The molecule has 6 rings (SSSR count). The highest BCUT2D eigenvalue weighted by Gasteiger charge is 2.49. The topological polar surface area (TPSA) is 26.3 Å². The van der Waals surface area contributed by atoms with Crippen LogP contribution in [0.2, 0.25) is 0 Å². The van der Waals surface area contributed by atoms with Crippen molar-refractivity contribution >= 4 is 58.1 Å². The maximum absolute atomic E-state index is 13.7. The molecule has 0 radical (unpaired) electrons. The molecule has 0 saturated heterocycles. The molecule has 0 heterocycles. The molecule has 1 atom stereocenters. The molecule has 0 N–H and O–H groups in total. The Bertz CT molecular complexity index is 1700. The van der Waals surface area contributed by atoms with Crippen LogP contribution in [0.15, 0.2) is 175 Å². The minimum absolute atomic E-state index is 0.311. The van der Waals surface area contributed by atoms with E-state index in [0.717, 1.165) is 5.56 Å². The third-order valence-electron chi connectivity index (χ3n) is 7.52. The first kappa shape index (κ1) is 29.4. The second kappa shape index (κ2) is 13.7. The predicted molar refractivity (Wildman–Crippen MR) is 187 cm³/mol. The zero-order valence-corrected chi connectivity index (χ0v) is 26.6. The monoisotopic (exact) mass is 615 g/mol. The van der Waals surface area contributed by atoms with Crippen LogP contribution in [0.5, 0.6) is 0 Å². The van der Waals surface area contributed by atoms with Crippen molar-refractivity contribution < 1.29 is 8.39 Å². The van der Waals surface area contributed by atoms with E-state index in [-0.39, 0.29) is 0 Å². The van der Waals surface area contributed by atoms with E-state index in [2.05, 4.69) is 146 Å². The zero-order valence-electron chi connectivity index (χ0n) is 24.0. The fourth-order valence-electron chi connectivity index (χ4n) is 5.41. The van der Waals surface area contributed by atoms with Gasteiger partial charge in [-0.1, -0.05) is 127 Å². The van der Waals surface area contributed by atoms with Crippen molar-refractivity contribution in [1.82, 2.24) is 0 Å². The first-order valence-corrected chi connectivity index (χ1v) is 18.7. The fraction of sp³-hybridized carbons (Fsp3) is 0.0526. The number of hydrogen-bond donors (Lipinski definition) is 0. The van der Waals surface area contributed by atoms with Gasteiger partial charge in [0.05, 0.1) is 4.90 Å². The summed E-state index contributed by atoms with van der Waals surface area (Å²) in [4.78, 5) is 0.675. The summed E-state index contributed by atoms with van der Waals surface area (Å²) in [7, 11) is -3.36. The van der Waals surface area contributed by atoms with E-state index < -0.39 is 26.3 Å². The molecule has 1 unspecified atom stereocenters. The van der Waals surface area contributed by atoms with Gasteiger partial charge in [0.1, 0.15) is 23.2 Å². The van der Waals surface area contributed by atoms with Crippen LogP contribution in [0, 0.1) is 6.92 Å². The van der Waals surface area contributed by atoms with Gasteiger partial charge < -0.3 is 0 Å². The molecule has 0 spiro atoms. The largest absolute Gasteiger partial charge is 0.247 e. The maximum atomic E-state index is 13.7. The summed E-state index contributed by atoms with van der Waals surface area (Å²) in [5.41, 5.74) is 1.13. The van der Waals surface area contributed by atoms with Crippen LogP contribution >= 0.6 is 15.2 Å². The Labute approximate surface area is 259 Å². The van der Waals surface area contributed by atoms with E-state index in [4.69, 9.17) is 4.18 Å². The van der Waals surface area contributed by atoms with Gasteiger partial charge in [0.15, 0.2) is 17.4 Å². The van der Waals surface area contributed by atoms with E-state index in [1.807, 2.05) is 31.2 Å². The van der Waals surface area contributed by atoms with E-state index in [9.17, 15) is 4.21 Å². The lowest BCUT2D eigenvalue weighted by molar-refractivity contribution is 0.420. The Balaban J connectivity index is 1.59. The van der Waals surface area contributed by atoms with Gasteiger partial charge in [0, 0.05) is 5.30 Å². The van der Waals surface area contributed by atoms with Gasteiger partial charge in [-0.2, -0.15) is 0 Å². The van der Waals surface area contributed by atoms with Crippen LogP contribution in [-0.4, -0.2) is 10.6 Å². The first-order valence-electron chi connectivity index (χ1n) is 14.3. The third-order valence-corrected chi connectivity index (χ3v) is 15.5. The van der Waals surface area contributed by atoms with E-state index in [0.29, 0.717) is 11.2 Å². The highest BCUT2D eigenvalue weighted by molar-refractivity contribution is 7.97. The summed E-state index contributed by atoms with van der Waals surface area (Å²) in [5.74, 6) is 0. The van der Waals surface area contributed by atoms with Crippen molar-refractivity contribution in [3.05, 3.63) is 175 Å². The molecule has 0 fully saturated rings. The van der Waals surface area contributed by atoms with Gasteiger partial charge >= 0.3 is 0 Å². The normalized spacial score (nSPS) is 12.2. The smallest absolute Gasteiger partial charge is 0.192 e. The Kier molecular flexibility index (Phi) is 9.37. The lowest BCUT2D eigenvalue weighted by atomic mass is 10.2. The maximum Gasteiger partial charge on any atom is 0.192 e. The summed E-state index contributed by atoms with van der Waals surface area (Å²) < 4.78 is 20.1. The van der Waals surface area contributed by atoms with Crippen LogP contribution in [-0.2, 0) is 15.3 Å². The molecule has 212 valence electrons. The number of benzene rings is 6. The molecule has 43 heavy (non-hydrogen) atoms. The van der Waals surface area contributed by atoms with Crippen molar-refractivity contribution in [2.45, 2.75) is 11.8 Å². The lowest BCUT2D eigenvalue weighted by Gasteiger charge is -2.31. The lowest BCUT2D eigenvalue weighted by Crippen LogP contribution is -2.42. The molecular weight excluding hydrogens is 582 g/mol. The Morgan fingerprint density at radius 1 is 0.558 bits per heavy atom. The number of hydrogen-bond acceptors (Lipinski definition) is 2. The second-order valence-corrected chi connectivity index (χ2v) is 17.0. The molecule has 5 heteroatoms. The zero-order chi connectivity index (χ0) is 29.5. The van der Waals surface area contributed by atoms with E-state index in [1.165, 1.54) is 31.8 Å². The number of aryl methyl sites for hydroxylation is 1. The standard InChI is InChI=1S/C38H33O2P2S/c1-31-26-28-36(29-27-31)43(39)40-30-42(34-20-10-4-11-21-34,35-22-12-5-13-23-35)38-25-15-14-24-37(38)41(32-16-6-2-7-17-32)33-18-8-3-9-19-33/h2-29H,30H2,1H3/q+1. The molecule has 6 aromatic carbocycles. The average molecular weight is 616 g/mol. The van der Waals surface area contributed by atoms with Gasteiger partial charge in [-0.05, 0) is 74.0 Å². The van der Waals surface area contributed by atoms with Gasteiger partial charge in [-0.15, -0.1) is 0 Å². The van der Waals surface area contributed by atoms with Crippen LogP contribution in [0.25, 0.3) is 0 Å². The average Bonchev–Trinajstić information content (AvgIpc) is 3.08. The van der Waals surface area contributed by atoms with Crippen molar-refractivity contribution in [3.8, 4) is 0 Å². The summed E-state index contributed by atoms with van der Waals surface area (Å²) in [5, 5.41) is 7.53. The summed E-state index contributed by atoms with van der Waals surface area (Å²) in [6, 6.07) is 59.6. The van der Waals surface area contributed by atoms with Gasteiger partial charge in [-0.3, -0.25) is 0 Å². The molecule has 0 amide bonds. The predicted octanol–water partition coefficient (Wildman–Crippen LogP) is 6.74. The molecule has 6 aromatic rings. The van der Waals surface area contributed by atoms with Crippen LogP contribution < -0.4 is 31.8 Å². The van der Waals surface area contributed by atoms with Crippen LogP contribution in [0.4, 0.5) is 0 Å². The van der Waals surface area contributed by atoms with Gasteiger partial charge in [0.25, 0.3) is 0 Å². The Hall–Kier alpha value is -3.71. The van der Waals surface area contributed by atoms with E-state index >= 15 is 0 Å². The molecule has 0 aromatic heterocycles. The molecule has 0 aliphatic rings. The Morgan fingerprint density at radius 3 is 1.51 bits per heavy atom. The van der Waals surface area contributed by atoms with Gasteiger partial charge in [-0.25, -0.2) is 8.39 Å². The first-order chi connectivity index (χ1) is 21.2. The summed E-state index contributed by atoms with van der Waals surface area (Å²) >= 11 is -1.62. The highest BCUT2D eigenvalue weighted by atomic mass is 32.2. The molecule has 0 aliphatic heterocycles. The van der Waals surface area contributed by atoms with Crippen molar-refractivity contribution in [3.63, 3.8) is 0 Å². The van der Waals surface area contributed by atoms with Crippen LogP contribution in [0.3, 0.4) is 0 Å². The quantitative estimate of drug-likeness (QED) is 0.160. The minimum atomic E-state index is -2.47. The third kappa shape index (κ3) is 6.32. The molecule has 2 nitrogen and oxygen atoms in total. The fourth-order valence-corrected chi connectivity index (χ4v) is 13.5. The van der Waals surface area contributed by atoms with Gasteiger partial charge in [0.2, 0.25) is 0 Å². The van der Waals surface area contributed by atoms with E-state index in [1.54, 1.807) is 0 Å². The SMILES string of the molecule is Cc1ccc(S(=O)OC[P+](c2ccccc2)(c2ccccc2)c2ccccc2P(c2ccccc2)c2ccccc2)cc1. The van der Waals surface area contributed by atoms with Crippen molar-refractivity contribution in [1.29, 1.82) is 0 Å². The summed E-state index contributed by atoms with van der Waals surface area (Å²) in [6.07, 6.45) is 0.311. The second-order valence-electron chi connectivity index (χ2n) is 10.3. The van der Waals surface area contributed by atoms with Crippen molar-refractivity contribution in [2.24, 2.45) is 0 Å². The van der Waals surface area contributed by atoms with Crippen molar-refractivity contribution in [2.75, 3.05) is 6.35 Å².